The second kappa shape index (κ2) is 12.0. The molecule has 1 aliphatic rings. The highest BCUT2D eigenvalue weighted by molar-refractivity contribution is 6.16. The zero-order chi connectivity index (χ0) is 33.7. The summed E-state index contributed by atoms with van der Waals surface area (Å²) in [6.45, 7) is 0. The van der Waals surface area contributed by atoms with Gasteiger partial charge in [0.05, 0.1) is 0 Å². The van der Waals surface area contributed by atoms with Crippen LogP contribution >= 0.6 is 0 Å². The first-order valence-corrected chi connectivity index (χ1v) is 17.4. The van der Waals surface area contributed by atoms with Crippen molar-refractivity contribution in [2.45, 2.75) is 12.8 Å². The van der Waals surface area contributed by atoms with E-state index in [1.807, 2.05) is 12.1 Å². The third kappa shape index (κ3) is 5.20. The number of aromatic nitrogens is 3. The van der Waals surface area contributed by atoms with E-state index < -0.39 is 0 Å². The molecule has 0 bridgehead atoms. The van der Waals surface area contributed by atoms with Gasteiger partial charge in [0.1, 0.15) is 11.2 Å². The number of furan rings is 1. The second-order valence-electron chi connectivity index (χ2n) is 13.1. The molecule has 0 atom stereocenters. The Morgan fingerprint density at radius 1 is 0.451 bits per heavy atom. The number of benzene rings is 7. The van der Waals surface area contributed by atoms with Gasteiger partial charge in [0.2, 0.25) is 0 Å². The predicted octanol–water partition coefficient (Wildman–Crippen LogP) is 12.5. The minimum absolute atomic E-state index is 0.603. The molecule has 0 saturated heterocycles. The molecule has 10 rings (SSSR count). The van der Waals surface area contributed by atoms with Crippen molar-refractivity contribution in [3.8, 4) is 45.3 Å². The fourth-order valence-electron chi connectivity index (χ4n) is 7.32. The van der Waals surface area contributed by atoms with E-state index in [2.05, 4.69) is 152 Å². The van der Waals surface area contributed by atoms with Crippen LogP contribution in [0.25, 0.3) is 94.3 Å². The van der Waals surface area contributed by atoms with E-state index in [0.717, 1.165) is 68.0 Å². The maximum atomic E-state index is 6.68. The average molecular weight is 654 g/mol. The van der Waals surface area contributed by atoms with Crippen LogP contribution in [0.2, 0.25) is 0 Å². The van der Waals surface area contributed by atoms with Crippen molar-refractivity contribution >= 4 is 49.1 Å². The van der Waals surface area contributed by atoms with Gasteiger partial charge in [-0.25, -0.2) is 15.0 Å². The zero-order valence-electron chi connectivity index (χ0n) is 27.8. The Kier molecular flexibility index (Phi) is 6.91. The summed E-state index contributed by atoms with van der Waals surface area (Å²) in [5.74, 6) is 1.86. The van der Waals surface area contributed by atoms with Crippen LogP contribution in [0.1, 0.15) is 18.4 Å². The Labute approximate surface area is 295 Å². The standard InChI is InChI=1S/C47H31N3O/c1-2-10-30(11-3-1)33-18-22-34(23-19-33)45-48-46(38-25-21-32-13-5-7-15-36(32)29-38)50-47(49-45)41-27-26-39(37-24-20-31-12-4-6-14-35(31)28-37)44-43(41)40-16-8-9-17-42(40)51-44/h2,4-29H,1,3H2. The highest BCUT2D eigenvalue weighted by atomic mass is 16.3. The van der Waals surface area contributed by atoms with E-state index in [4.69, 9.17) is 19.4 Å². The summed E-state index contributed by atoms with van der Waals surface area (Å²) in [6.07, 6.45) is 8.91. The first-order valence-electron chi connectivity index (χ1n) is 17.4. The third-order valence-electron chi connectivity index (χ3n) is 9.94. The first-order chi connectivity index (χ1) is 25.2. The van der Waals surface area contributed by atoms with Gasteiger partial charge in [-0.3, -0.25) is 0 Å². The number of hydrogen-bond donors (Lipinski definition) is 0. The highest BCUT2D eigenvalue weighted by Gasteiger charge is 2.21. The number of para-hydroxylation sites is 1. The number of rotatable bonds is 5. The molecule has 7 aromatic carbocycles. The van der Waals surface area contributed by atoms with Crippen LogP contribution in [0.15, 0.2) is 168 Å². The zero-order valence-corrected chi connectivity index (χ0v) is 27.8. The van der Waals surface area contributed by atoms with E-state index in [1.165, 1.54) is 27.3 Å². The molecule has 0 saturated carbocycles. The van der Waals surface area contributed by atoms with E-state index in [1.54, 1.807) is 0 Å². The Balaban J connectivity index is 1.19. The normalized spacial score (nSPS) is 13.0. The van der Waals surface area contributed by atoms with E-state index in [-0.39, 0.29) is 0 Å². The van der Waals surface area contributed by atoms with Crippen molar-refractivity contribution < 1.29 is 4.42 Å². The van der Waals surface area contributed by atoms with Gasteiger partial charge in [0.25, 0.3) is 0 Å². The maximum absolute atomic E-state index is 6.68. The van der Waals surface area contributed by atoms with Gasteiger partial charge >= 0.3 is 0 Å². The molecule has 1 aliphatic carbocycles. The molecule has 0 unspecified atom stereocenters. The Morgan fingerprint density at radius 2 is 1.04 bits per heavy atom. The molecule has 0 N–H and O–H groups in total. The minimum atomic E-state index is 0.603. The quantitative estimate of drug-likeness (QED) is 0.185. The molecule has 0 aliphatic heterocycles. The van der Waals surface area contributed by atoms with Gasteiger partial charge in [-0.2, -0.15) is 0 Å². The first kappa shape index (κ1) is 29.3. The molecule has 2 aromatic heterocycles. The maximum Gasteiger partial charge on any atom is 0.164 e. The molecule has 4 heteroatoms. The third-order valence-corrected chi connectivity index (χ3v) is 9.94. The fourth-order valence-corrected chi connectivity index (χ4v) is 7.32. The van der Waals surface area contributed by atoms with Crippen LogP contribution < -0.4 is 0 Å². The molecule has 0 fully saturated rings. The van der Waals surface area contributed by atoms with Crippen molar-refractivity contribution in [1.82, 2.24) is 15.0 Å². The van der Waals surface area contributed by atoms with E-state index >= 15 is 0 Å². The molecule has 9 aromatic rings. The van der Waals surface area contributed by atoms with Gasteiger partial charge in [0, 0.05) is 33.0 Å². The molecular weight excluding hydrogens is 623 g/mol. The Bertz CT molecular complexity index is 2860. The van der Waals surface area contributed by atoms with Gasteiger partial charge in [-0.1, -0.05) is 133 Å². The van der Waals surface area contributed by atoms with E-state index in [9.17, 15) is 0 Å². The van der Waals surface area contributed by atoms with Crippen molar-refractivity contribution in [3.63, 3.8) is 0 Å². The van der Waals surface area contributed by atoms with Gasteiger partial charge in [0.15, 0.2) is 17.5 Å². The lowest BCUT2D eigenvalue weighted by molar-refractivity contribution is 0.670. The molecule has 0 amide bonds. The van der Waals surface area contributed by atoms with Crippen molar-refractivity contribution in [2.75, 3.05) is 0 Å². The summed E-state index contributed by atoms with van der Waals surface area (Å²) in [7, 11) is 0. The minimum Gasteiger partial charge on any atom is -0.455 e. The van der Waals surface area contributed by atoms with Gasteiger partial charge < -0.3 is 4.42 Å². The predicted molar refractivity (Wildman–Crippen MR) is 210 cm³/mol. The fraction of sp³-hybridized carbons (Fsp3) is 0.0426. The Hall–Kier alpha value is -6.65. The summed E-state index contributed by atoms with van der Waals surface area (Å²) in [6, 6.07) is 50.9. The van der Waals surface area contributed by atoms with E-state index in [0.29, 0.717) is 17.5 Å². The lowest BCUT2D eigenvalue weighted by atomic mass is 9.96. The smallest absolute Gasteiger partial charge is 0.164 e. The molecule has 240 valence electrons. The van der Waals surface area contributed by atoms with Crippen LogP contribution in [-0.4, -0.2) is 15.0 Å². The molecule has 2 heterocycles. The molecular formula is C47H31N3O. The number of hydrogen-bond acceptors (Lipinski definition) is 4. The summed E-state index contributed by atoms with van der Waals surface area (Å²) in [4.78, 5) is 15.5. The highest BCUT2D eigenvalue weighted by Crippen LogP contribution is 2.42. The average Bonchev–Trinajstić information content (AvgIpc) is 3.60. The van der Waals surface area contributed by atoms with Crippen molar-refractivity contribution in [2.24, 2.45) is 0 Å². The summed E-state index contributed by atoms with van der Waals surface area (Å²) < 4.78 is 6.68. The van der Waals surface area contributed by atoms with Gasteiger partial charge in [-0.15, -0.1) is 0 Å². The molecule has 0 radical (unpaired) electrons. The molecule has 4 nitrogen and oxygen atoms in total. The number of fused-ring (bicyclic) bond motifs is 5. The van der Waals surface area contributed by atoms with Crippen molar-refractivity contribution in [1.29, 1.82) is 0 Å². The number of allylic oxidation sites excluding steroid dienone is 4. The summed E-state index contributed by atoms with van der Waals surface area (Å²) in [5.41, 5.74) is 8.99. The van der Waals surface area contributed by atoms with Crippen LogP contribution in [0.4, 0.5) is 0 Å². The SMILES string of the molecule is C1=CC(c2ccc(-c3nc(-c4ccc5ccccc5c4)nc(-c4ccc(-c5ccc6ccccc6c5)c5oc6ccccc6c45)n3)cc2)=CCC1. The van der Waals surface area contributed by atoms with Crippen LogP contribution in [0.3, 0.4) is 0 Å². The number of nitrogens with zero attached hydrogens (tertiary/aromatic N) is 3. The topological polar surface area (TPSA) is 51.8 Å². The monoisotopic (exact) mass is 653 g/mol. The largest absolute Gasteiger partial charge is 0.455 e. The second-order valence-corrected chi connectivity index (χ2v) is 13.1. The van der Waals surface area contributed by atoms with Crippen LogP contribution in [-0.2, 0) is 0 Å². The lowest BCUT2D eigenvalue weighted by Crippen LogP contribution is -2.01. The Morgan fingerprint density at radius 3 is 1.78 bits per heavy atom. The van der Waals surface area contributed by atoms with Crippen LogP contribution in [0.5, 0.6) is 0 Å². The molecule has 0 spiro atoms. The lowest BCUT2D eigenvalue weighted by Gasteiger charge is -2.12. The van der Waals surface area contributed by atoms with Crippen LogP contribution in [0, 0.1) is 0 Å². The molecule has 51 heavy (non-hydrogen) atoms. The summed E-state index contributed by atoms with van der Waals surface area (Å²) in [5, 5.41) is 6.72. The van der Waals surface area contributed by atoms with Gasteiger partial charge in [-0.05, 0) is 81.4 Å². The van der Waals surface area contributed by atoms with Crippen molar-refractivity contribution in [3.05, 3.63) is 169 Å². The summed E-state index contributed by atoms with van der Waals surface area (Å²) >= 11 is 0.